The third-order valence-electron chi connectivity index (χ3n) is 4.06. The smallest absolute Gasteiger partial charge is 0.248 e. The molecule has 2 nitrogen and oxygen atoms in total. The molecule has 1 aliphatic carbocycles. The van der Waals surface area contributed by atoms with Crippen LogP contribution in [-0.2, 0) is 4.79 Å². The quantitative estimate of drug-likeness (QED) is 0.663. The Bertz CT molecular complexity index is 285. The second-order valence-electron chi connectivity index (χ2n) is 5.32. The molecule has 0 atom stereocenters. The minimum Gasteiger partial charge on any atom is -0.339 e. The zero-order valence-electron chi connectivity index (χ0n) is 11.8. The van der Waals surface area contributed by atoms with Gasteiger partial charge in [-0.15, -0.1) is 0 Å². The Morgan fingerprint density at radius 3 is 2.26 bits per heavy atom. The molecule has 0 aromatic rings. The summed E-state index contributed by atoms with van der Waals surface area (Å²) in [5, 5.41) is 0.734. The van der Waals surface area contributed by atoms with Gasteiger partial charge in [-0.3, -0.25) is 4.79 Å². The molecule has 0 N–H and O–H groups in total. The van der Waals surface area contributed by atoms with E-state index in [-0.39, 0.29) is 30.7 Å². The molecule has 5 heteroatoms. The van der Waals surface area contributed by atoms with Gasteiger partial charge in [-0.05, 0) is 25.7 Å². The summed E-state index contributed by atoms with van der Waals surface area (Å²) in [6.07, 6.45) is 2.19. The number of alkyl halides is 3. The van der Waals surface area contributed by atoms with E-state index in [1.54, 1.807) is 0 Å². The van der Waals surface area contributed by atoms with Gasteiger partial charge in [0.25, 0.3) is 0 Å². The Balaban J connectivity index is 2.66. The SMILES string of the molecule is CCC(CC)N(CCBr)C(=O)C1CCC(F)(F)CC1. The molecule has 112 valence electrons. The van der Waals surface area contributed by atoms with Crippen molar-refractivity contribution in [1.82, 2.24) is 4.90 Å². The molecule has 0 aliphatic heterocycles. The lowest BCUT2D eigenvalue weighted by atomic mass is 9.85. The molecule has 0 unspecified atom stereocenters. The van der Waals surface area contributed by atoms with Crippen LogP contribution in [0.5, 0.6) is 0 Å². The van der Waals surface area contributed by atoms with E-state index in [0.717, 1.165) is 18.2 Å². The summed E-state index contributed by atoms with van der Waals surface area (Å²) in [5.74, 6) is -2.70. The van der Waals surface area contributed by atoms with Crippen LogP contribution in [0.1, 0.15) is 52.4 Å². The third kappa shape index (κ3) is 4.69. The highest BCUT2D eigenvalue weighted by Gasteiger charge is 2.39. The molecule has 0 bridgehead atoms. The Morgan fingerprint density at radius 2 is 1.84 bits per heavy atom. The van der Waals surface area contributed by atoms with Crippen molar-refractivity contribution >= 4 is 21.8 Å². The van der Waals surface area contributed by atoms with Crippen molar-refractivity contribution in [1.29, 1.82) is 0 Å². The van der Waals surface area contributed by atoms with Gasteiger partial charge in [0.2, 0.25) is 11.8 Å². The lowest BCUT2D eigenvalue weighted by Gasteiger charge is -2.35. The first-order chi connectivity index (χ1) is 8.95. The normalized spacial score (nSPS) is 19.7. The summed E-state index contributed by atoms with van der Waals surface area (Å²) < 4.78 is 26.3. The van der Waals surface area contributed by atoms with E-state index in [2.05, 4.69) is 29.8 Å². The van der Waals surface area contributed by atoms with Gasteiger partial charge in [0, 0.05) is 36.7 Å². The molecule has 19 heavy (non-hydrogen) atoms. The molecule has 0 saturated heterocycles. The van der Waals surface area contributed by atoms with E-state index in [1.165, 1.54) is 0 Å². The molecule has 1 fully saturated rings. The van der Waals surface area contributed by atoms with Crippen molar-refractivity contribution in [3.05, 3.63) is 0 Å². The number of hydrogen-bond donors (Lipinski definition) is 0. The number of hydrogen-bond acceptors (Lipinski definition) is 1. The van der Waals surface area contributed by atoms with E-state index in [4.69, 9.17) is 0 Å². The fourth-order valence-electron chi connectivity index (χ4n) is 2.81. The van der Waals surface area contributed by atoms with Gasteiger partial charge < -0.3 is 4.90 Å². The van der Waals surface area contributed by atoms with Gasteiger partial charge in [0.1, 0.15) is 0 Å². The lowest BCUT2D eigenvalue weighted by molar-refractivity contribution is -0.141. The van der Waals surface area contributed by atoms with E-state index >= 15 is 0 Å². The van der Waals surface area contributed by atoms with Crippen LogP contribution >= 0.6 is 15.9 Å². The van der Waals surface area contributed by atoms with Gasteiger partial charge >= 0.3 is 0 Å². The van der Waals surface area contributed by atoms with Crippen LogP contribution in [0.4, 0.5) is 8.78 Å². The van der Waals surface area contributed by atoms with Gasteiger partial charge in [-0.1, -0.05) is 29.8 Å². The zero-order chi connectivity index (χ0) is 14.5. The summed E-state index contributed by atoms with van der Waals surface area (Å²) in [6.45, 7) is 4.80. The molecule has 0 heterocycles. The summed E-state index contributed by atoms with van der Waals surface area (Å²) in [5.41, 5.74) is 0. The fourth-order valence-corrected chi connectivity index (χ4v) is 3.20. The van der Waals surface area contributed by atoms with Crippen molar-refractivity contribution in [2.75, 3.05) is 11.9 Å². The summed E-state index contributed by atoms with van der Waals surface area (Å²) in [7, 11) is 0. The van der Waals surface area contributed by atoms with Crippen molar-refractivity contribution in [2.45, 2.75) is 64.3 Å². The van der Waals surface area contributed by atoms with Crippen LogP contribution in [0.2, 0.25) is 0 Å². The monoisotopic (exact) mass is 339 g/mol. The lowest BCUT2D eigenvalue weighted by Crippen LogP contribution is -2.45. The van der Waals surface area contributed by atoms with Crippen LogP contribution in [0, 0.1) is 5.92 Å². The van der Waals surface area contributed by atoms with Gasteiger partial charge in [0.15, 0.2) is 0 Å². The second kappa shape index (κ2) is 7.55. The Morgan fingerprint density at radius 1 is 1.32 bits per heavy atom. The van der Waals surface area contributed by atoms with Gasteiger partial charge in [-0.25, -0.2) is 8.78 Å². The number of amides is 1. The highest BCUT2D eigenvalue weighted by molar-refractivity contribution is 9.09. The molecule has 0 aromatic carbocycles. The minimum absolute atomic E-state index is 0.0728. The molecule has 1 saturated carbocycles. The average Bonchev–Trinajstić information content (AvgIpc) is 2.38. The number of halogens is 3. The molecular weight excluding hydrogens is 316 g/mol. The number of carbonyl (C=O) groups excluding carboxylic acids is 1. The van der Waals surface area contributed by atoms with Crippen LogP contribution in [0.3, 0.4) is 0 Å². The number of rotatable bonds is 6. The van der Waals surface area contributed by atoms with Crippen LogP contribution in [-0.4, -0.2) is 34.6 Å². The average molecular weight is 340 g/mol. The number of nitrogens with zero attached hydrogens (tertiary/aromatic N) is 1. The maximum atomic E-state index is 13.1. The molecule has 1 aliphatic rings. The van der Waals surface area contributed by atoms with E-state index in [0.29, 0.717) is 19.4 Å². The van der Waals surface area contributed by atoms with Crippen LogP contribution in [0.25, 0.3) is 0 Å². The largest absolute Gasteiger partial charge is 0.339 e. The predicted molar refractivity (Wildman–Crippen MR) is 76.8 cm³/mol. The summed E-state index contributed by atoms with van der Waals surface area (Å²) in [6, 6.07) is 0.229. The standard InChI is InChI=1S/C14H24BrF2NO/c1-3-12(4-2)18(10-9-15)13(19)11-5-7-14(16,17)8-6-11/h11-12H,3-10H2,1-2H3. The van der Waals surface area contributed by atoms with Crippen LogP contribution in [0.15, 0.2) is 0 Å². The maximum absolute atomic E-state index is 13.1. The first-order valence-electron chi connectivity index (χ1n) is 7.19. The molecule has 0 spiro atoms. The second-order valence-corrected chi connectivity index (χ2v) is 6.11. The summed E-state index contributed by atoms with van der Waals surface area (Å²) >= 11 is 3.37. The first-order valence-corrected chi connectivity index (χ1v) is 8.31. The molecule has 1 rings (SSSR count). The van der Waals surface area contributed by atoms with E-state index < -0.39 is 5.92 Å². The molecule has 0 aromatic heterocycles. The Hall–Kier alpha value is -0.190. The number of carbonyl (C=O) groups is 1. The Labute approximate surface area is 123 Å². The molecule has 0 radical (unpaired) electrons. The van der Waals surface area contributed by atoms with Crippen molar-refractivity contribution < 1.29 is 13.6 Å². The van der Waals surface area contributed by atoms with Gasteiger partial charge in [0.05, 0.1) is 0 Å². The van der Waals surface area contributed by atoms with Crippen molar-refractivity contribution in [3.8, 4) is 0 Å². The zero-order valence-corrected chi connectivity index (χ0v) is 13.4. The Kier molecular flexibility index (Phi) is 6.71. The molecular formula is C14H24BrF2NO. The highest BCUT2D eigenvalue weighted by atomic mass is 79.9. The first kappa shape index (κ1) is 16.9. The predicted octanol–water partition coefficient (Wildman–Crippen LogP) is 4.22. The van der Waals surface area contributed by atoms with E-state index in [9.17, 15) is 13.6 Å². The minimum atomic E-state index is -2.56. The molecule has 1 amide bonds. The highest BCUT2D eigenvalue weighted by Crippen LogP contribution is 2.37. The van der Waals surface area contributed by atoms with Crippen molar-refractivity contribution in [2.24, 2.45) is 5.92 Å². The maximum Gasteiger partial charge on any atom is 0.248 e. The third-order valence-corrected chi connectivity index (χ3v) is 4.41. The topological polar surface area (TPSA) is 20.3 Å². The van der Waals surface area contributed by atoms with Crippen molar-refractivity contribution in [3.63, 3.8) is 0 Å². The fraction of sp³-hybridized carbons (Fsp3) is 0.929. The van der Waals surface area contributed by atoms with Gasteiger partial charge in [-0.2, -0.15) is 0 Å². The van der Waals surface area contributed by atoms with E-state index in [1.807, 2.05) is 4.90 Å². The van der Waals surface area contributed by atoms with Crippen LogP contribution < -0.4 is 0 Å². The summed E-state index contributed by atoms with van der Waals surface area (Å²) in [4.78, 5) is 14.4.